The van der Waals surface area contributed by atoms with Crippen LogP contribution >= 0.6 is 11.6 Å². The van der Waals surface area contributed by atoms with Crippen molar-refractivity contribution in [2.45, 2.75) is 39.0 Å². The average molecular weight is 309 g/mol. The molecule has 116 valence electrons. The highest BCUT2D eigenvalue weighted by Crippen LogP contribution is 2.38. The summed E-state index contributed by atoms with van der Waals surface area (Å²) < 4.78 is 0. The lowest BCUT2D eigenvalue weighted by Gasteiger charge is -2.18. The molecule has 1 aromatic heterocycles. The summed E-state index contributed by atoms with van der Waals surface area (Å²) in [6, 6.07) is 1.84. The lowest BCUT2D eigenvalue weighted by molar-refractivity contribution is 0.289. The first kappa shape index (κ1) is 15.0. The fourth-order valence-corrected chi connectivity index (χ4v) is 3.25. The molecule has 1 atom stereocenters. The minimum Gasteiger partial charge on any atom is -0.370 e. The van der Waals surface area contributed by atoms with Crippen molar-refractivity contribution in [3.05, 3.63) is 17.0 Å². The Morgan fingerprint density at radius 1 is 1.33 bits per heavy atom. The molecule has 1 aliphatic carbocycles. The predicted octanol–water partition coefficient (Wildman–Crippen LogP) is 3.40. The van der Waals surface area contributed by atoms with Crippen molar-refractivity contribution in [3.8, 4) is 0 Å². The number of aromatic nitrogens is 2. The van der Waals surface area contributed by atoms with Crippen molar-refractivity contribution in [2.24, 2.45) is 11.8 Å². The van der Waals surface area contributed by atoms with E-state index in [-0.39, 0.29) is 0 Å². The fraction of sp³-hybridized carbons (Fsp3) is 0.750. The van der Waals surface area contributed by atoms with E-state index in [1.54, 1.807) is 0 Å². The minimum absolute atomic E-state index is 0.539. The van der Waals surface area contributed by atoms with Crippen molar-refractivity contribution in [1.29, 1.82) is 0 Å². The Hall–Kier alpha value is -0.870. The molecule has 0 amide bonds. The van der Waals surface area contributed by atoms with E-state index in [1.165, 1.54) is 38.9 Å². The van der Waals surface area contributed by atoms with E-state index in [0.717, 1.165) is 24.1 Å². The number of nitrogens with one attached hydrogen (secondary N) is 1. The molecule has 21 heavy (non-hydrogen) atoms. The summed E-state index contributed by atoms with van der Waals surface area (Å²) in [7, 11) is 0. The molecule has 3 rings (SSSR count). The molecule has 2 fully saturated rings. The van der Waals surface area contributed by atoms with Gasteiger partial charge in [-0.25, -0.2) is 9.97 Å². The third-order valence-electron chi connectivity index (χ3n) is 4.22. The van der Waals surface area contributed by atoms with Gasteiger partial charge in [0.2, 0.25) is 0 Å². The summed E-state index contributed by atoms with van der Waals surface area (Å²) >= 11 is 6.10. The maximum Gasteiger partial charge on any atom is 0.135 e. The van der Waals surface area contributed by atoms with Gasteiger partial charge in [-0.3, -0.25) is 0 Å². The van der Waals surface area contributed by atoms with Crippen molar-refractivity contribution in [3.63, 3.8) is 0 Å². The quantitative estimate of drug-likeness (QED) is 0.818. The Kier molecular flexibility index (Phi) is 4.65. The van der Waals surface area contributed by atoms with Crippen LogP contribution in [0.25, 0.3) is 0 Å². The molecule has 5 heteroatoms. The van der Waals surface area contributed by atoms with E-state index in [1.807, 2.05) is 6.07 Å². The number of hydrogen-bond donors (Lipinski definition) is 1. The van der Waals surface area contributed by atoms with Crippen LogP contribution in [-0.2, 0) is 0 Å². The molecular formula is C16H25ClN4. The monoisotopic (exact) mass is 308 g/mol. The first-order valence-corrected chi connectivity index (χ1v) is 8.48. The van der Waals surface area contributed by atoms with Crippen LogP contribution in [0.1, 0.15) is 44.9 Å². The summed E-state index contributed by atoms with van der Waals surface area (Å²) in [5.74, 6) is 3.80. The number of halogens is 1. The summed E-state index contributed by atoms with van der Waals surface area (Å²) in [5.41, 5.74) is 0. The van der Waals surface area contributed by atoms with Crippen LogP contribution < -0.4 is 5.32 Å². The van der Waals surface area contributed by atoms with Crippen molar-refractivity contribution in [2.75, 3.05) is 31.5 Å². The largest absolute Gasteiger partial charge is 0.370 e. The second-order valence-corrected chi connectivity index (χ2v) is 7.28. The number of rotatable bonds is 6. The smallest absolute Gasteiger partial charge is 0.135 e. The third-order valence-corrected chi connectivity index (χ3v) is 4.41. The van der Waals surface area contributed by atoms with Crippen LogP contribution in [0.15, 0.2) is 6.07 Å². The second-order valence-electron chi connectivity index (χ2n) is 6.90. The van der Waals surface area contributed by atoms with Gasteiger partial charge < -0.3 is 10.2 Å². The molecule has 0 radical (unpaired) electrons. The number of hydrogen-bond acceptors (Lipinski definition) is 4. The highest BCUT2D eigenvalue weighted by atomic mass is 35.5. The first-order valence-electron chi connectivity index (χ1n) is 8.11. The van der Waals surface area contributed by atoms with Gasteiger partial charge in [0.1, 0.15) is 16.8 Å². The van der Waals surface area contributed by atoms with Gasteiger partial charge in [0.25, 0.3) is 0 Å². The highest BCUT2D eigenvalue weighted by Gasteiger charge is 2.27. The van der Waals surface area contributed by atoms with Gasteiger partial charge in [0.15, 0.2) is 0 Å². The van der Waals surface area contributed by atoms with E-state index in [4.69, 9.17) is 11.6 Å². The molecule has 4 nitrogen and oxygen atoms in total. The molecular weight excluding hydrogens is 284 g/mol. The normalized spacial score (nSPS) is 23.0. The van der Waals surface area contributed by atoms with Gasteiger partial charge >= 0.3 is 0 Å². The van der Waals surface area contributed by atoms with Gasteiger partial charge in [-0.15, -0.1) is 0 Å². The first-order chi connectivity index (χ1) is 10.1. The second kappa shape index (κ2) is 6.49. The topological polar surface area (TPSA) is 41.0 Å². The summed E-state index contributed by atoms with van der Waals surface area (Å²) in [5, 5.41) is 4.02. The SMILES string of the molecule is CC(C)CN1CCC(CNc2cc(Cl)nc(C3CC3)n2)C1. The van der Waals surface area contributed by atoms with Gasteiger partial charge in [-0.1, -0.05) is 25.4 Å². The standard InChI is InChI=1S/C16H25ClN4/c1-11(2)9-21-6-5-12(10-21)8-18-15-7-14(17)19-16(20-15)13-3-4-13/h7,11-13H,3-6,8-10H2,1-2H3,(H,18,19,20). The van der Waals surface area contributed by atoms with Crippen LogP contribution in [0, 0.1) is 11.8 Å². The molecule has 1 unspecified atom stereocenters. The third kappa shape index (κ3) is 4.30. The summed E-state index contributed by atoms with van der Waals surface area (Å²) in [6.45, 7) is 9.18. The zero-order chi connectivity index (χ0) is 14.8. The molecule has 2 heterocycles. The van der Waals surface area contributed by atoms with Gasteiger partial charge in [0, 0.05) is 31.6 Å². The van der Waals surface area contributed by atoms with Crippen LogP contribution in [0.5, 0.6) is 0 Å². The van der Waals surface area contributed by atoms with Crippen molar-refractivity contribution < 1.29 is 0 Å². The van der Waals surface area contributed by atoms with Gasteiger partial charge in [0.05, 0.1) is 0 Å². The number of likely N-dealkylation sites (tertiary alicyclic amines) is 1. The van der Waals surface area contributed by atoms with Crippen LogP contribution in [0.3, 0.4) is 0 Å². The van der Waals surface area contributed by atoms with Crippen LogP contribution in [-0.4, -0.2) is 41.0 Å². The zero-order valence-corrected chi connectivity index (χ0v) is 13.7. The molecule has 0 bridgehead atoms. The average Bonchev–Trinajstić information content (AvgIpc) is 3.18. The lowest BCUT2D eigenvalue weighted by atomic mass is 10.1. The minimum atomic E-state index is 0.539. The Balaban J connectivity index is 1.51. The number of nitrogens with zero attached hydrogens (tertiary/aromatic N) is 3. The summed E-state index contributed by atoms with van der Waals surface area (Å²) in [6.07, 6.45) is 3.67. The molecule has 1 N–H and O–H groups in total. The van der Waals surface area contributed by atoms with E-state index >= 15 is 0 Å². The molecule has 0 aromatic carbocycles. The Morgan fingerprint density at radius 2 is 2.14 bits per heavy atom. The Bertz CT molecular complexity index is 487. The van der Waals surface area contributed by atoms with Gasteiger partial charge in [-0.05, 0) is 37.6 Å². The van der Waals surface area contributed by atoms with E-state index < -0.39 is 0 Å². The van der Waals surface area contributed by atoms with Crippen molar-refractivity contribution >= 4 is 17.4 Å². The van der Waals surface area contributed by atoms with Crippen LogP contribution in [0.2, 0.25) is 5.15 Å². The molecule has 1 aromatic rings. The highest BCUT2D eigenvalue weighted by molar-refractivity contribution is 6.29. The zero-order valence-electron chi connectivity index (χ0n) is 13.0. The van der Waals surface area contributed by atoms with Crippen molar-refractivity contribution in [1.82, 2.24) is 14.9 Å². The molecule has 1 aliphatic heterocycles. The summed E-state index contributed by atoms with van der Waals surface area (Å²) in [4.78, 5) is 11.5. The van der Waals surface area contributed by atoms with Gasteiger partial charge in [-0.2, -0.15) is 0 Å². The van der Waals surface area contributed by atoms with Crippen LogP contribution in [0.4, 0.5) is 5.82 Å². The fourth-order valence-electron chi connectivity index (χ4n) is 3.06. The lowest BCUT2D eigenvalue weighted by Crippen LogP contribution is -2.26. The maximum absolute atomic E-state index is 6.10. The van der Waals surface area contributed by atoms with E-state index in [2.05, 4.69) is 34.0 Å². The predicted molar refractivity (Wildman–Crippen MR) is 86.9 cm³/mol. The van der Waals surface area contributed by atoms with E-state index in [9.17, 15) is 0 Å². The molecule has 2 aliphatic rings. The Labute approximate surface area is 132 Å². The molecule has 1 saturated heterocycles. The molecule has 1 saturated carbocycles. The maximum atomic E-state index is 6.10. The number of anilines is 1. The van der Waals surface area contributed by atoms with E-state index in [0.29, 0.717) is 17.0 Å². The Morgan fingerprint density at radius 3 is 2.86 bits per heavy atom. The molecule has 0 spiro atoms.